The smallest absolute Gasteiger partial charge is 0.270 e. The molecule has 2 aromatic carbocycles. The Morgan fingerprint density at radius 1 is 1.14 bits per heavy atom. The first-order valence-electron chi connectivity index (χ1n) is 6.27. The molecule has 21 heavy (non-hydrogen) atoms. The monoisotopic (exact) mass is 283 g/mol. The van der Waals surface area contributed by atoms with E-state index in [9.17, 15) is 14.5 Å². The van der Waals surface area contributed by atoms with E-state index in [0.717, 1.165) is 0 Å². The summed E-state index contributed by atoms with van der Waals surface area (Å²) in [5, 5.41) is 10.9. The van der Waals surface area contributed by atoms with Crippen molar-refractivity contribution in [2.24, 2.45) is 9.98 Å². The van der Waals surface area contributed by atoms with E-state index in [1.54, 1.807) is 30.5 Å². The average molecular weight is 283 g/mol. The SMILES string of the molecule is O=[N+]([O-])c1ccc2c(c1)C(c1ccccc1F)=NCC=N2. The summed E-state index contributed by atoms with van der Waals surface area (Å²) in [6.45, 7) is 0.298. The molecule has 3 rings (SSSR count). The molecule has 0 unspecified atom stereocenters. The van der Waals surface area contributed by atoms with Gasteiger partial charge in [0.15, 0.2) is 0 Å². The maximum atomic E-state index is 14.0. The van der Waals surface area contributed by atoms with Crippen LogP contribution in [0.4, 0.5) is 15.8 Å². The highest BCUT2D eigenvalue weighted by Crippen LogP contribution is 2.29. The van der Waals surface area contributed by atoms with E-state index in [2.05, 4.69) is 9.98 Å². The normalized spacial score (nSPS) is 13.3. The van der Waals surface area contributed by atoms with Crippen LogP contribution in [0.25, 0.3) is 0 Å². The molecule has 1 heterocycles. The van der Waals surface area contributed by atoms with Gasteiger partial charge in [0.1, 0.15) is 5.82 Å². The number of hydrogen-bond donors (Lipinski definition) is 0. The third kappa shape index (κ3) is 2.43. The van der Waals surface area contributed by atoms with Gasteiger partial charge in [-0.3, -0.25) is 20.1 Å². The molecule has 0 atom stereocenters. The second-order valence-corrected chi connectivity index (χ2v) is 4.44. The van der Waals surface area contributed by atoms with Crippen LogP contribution in [0.15, 0.2) is 52.4 Å². The Balaban J connectivity index is 2.22. The lowest BCUT2D eigenvalue weighted by Crippen LogP contribution is -2.07. The highest BCUT2D eigenvalue weighted by Gasteiger charge is 2.19. The average Bonchev–Trinajstić information content (AvgIpc) is 2.69. The number of hydrogen-bond acceptors (Lipinski definition) is 4. The van der Waals surface area contributed by atoms with E-state index >= 15 is 0 Å². The van der Waals surface area contributed by atoms with Gasteiger partial charge in [-0.05, 0) is 18.2 Å². The van der Waals surface area contributed by atoms with E-state index in [0.29, 0.717) is 29.1 Å². The van der Waals surface area contributed by atoms with Crippen LogP contribution in [0.1, 0.15) is 11.1 Å². The maximum absolute atomic E-state index is 14.0. The predicted octanol–water partition coefficient (Wildman–Crippen LogP) is 3.29. The van der Waals surface area contributed by atoms with Gasteiger partial charge in [0.05, 0.1) is 22.9 Å². The number of nitro groups is 1. The first-order valence-corrected chi connectivity index (χ1v) is 6.27. The molecule has 0 saturated carbocycles. The molecule has 0 amide bonds. The first kappa shape index (κ1) is 13.1. The van der Waals surface area contributed by atoms with Gasteiger partial charge < -0.3 is 0 Å². The van der Waals surface area contributed by atoms with Crippen LogP contribution >= 0.6 is 0 Å². The lowest BCUT2D eigenvalue weighted by Gasteiger charge is -2.09. The van der Waals surface area contributed by atoms with Crippen molar-refractivity contribution in [2.45, 2.75) is 0 Å². The third-order valence-electron chi connectivity index (χ3n) is 3.14. The fourth-order valence-corrected chi connectivity index (χ4v) is 2.18. The summed E-state index contributed by atoms with van der Waals surface area (Å²) in [5.74, 6) is -0.421. The highest BCUT2D eigenvalue weighted by atomic mass is 19.1. The van der Waals surface area contributed by atoms with Crippen LogP contribution < -0.4 is 0 Å². The molecule has 0 aromatic heterocycles. The number of fused-ring (bicyclic) bond motifs is 1. The minimum atomic E-state index is -0.492. The zero-order valence-electron chi connectivity index (χ0n) is 10.9. The third-order valence-corrected chi connectivity index (χ3v) is 3.14. The fourth-order valence-electron chi connectivity index (χ4n) is 2.18. The van der Waals surface area contributed by atoms with E-state index < -0.39 is 10.7 Å². The molecule has 2 aromatic rings. The number of rotatable bonds is 2. The molecule has 0 radical (unpaired) electrons. The van der Waals surface area contributed by atoms with Crippen LogP contribution in [0.5, 0.6) is 0 Å². The lowest BCUT2D eigenvalue weighted by atomic mass is 9.99. The van der Waals surface area contributed by atoms with Crippen molar-refractivity contribution in [1.82, 2.24) is 0 Å². The van der Waals surface area contributed by atoms with Crippen LogP contribution in [0.2, 0.25) is 0 Å². The molecule has 1 aliphatic heterocycles. The maximum Gasteiger partial charge on any atom is 0.270 e. The van der Waals surface area contributed by atoms with Crippen molar-refractivity contribution >= 4 is 23.3 Å². The summed E-state index contributed by atoms with van der Waals surface area (Å²) < 4.78 is 14.0. The van der Waals surface area contributed by atoms with Gasteiger partial charge in [-0.2, -0.15) is 0 Å². The number of nitro benzene ring substituents is 1. The van der Waals surface area contributed by atoms with Gasteiger partial charge in [-0.25, -0.2) is 4.39 Å². The first-order chi connectivity index (χ1) is 10.2. The van der Waals surface area contributed by atoms with Crippen molar-refractivity contribution in [3.63, 3.8) is 0 Å². The van der Waals surface area contributed by atoms with Crippen LogP contribution in [0.3, 0.4) is 0 Å². The Bertz CT molecular complexity index is 784. The molecule has 0 N–H and O–H groups in total. The van der Waals surface area contributed by atoms with E-state index in [1.165, 1.54) is 18.2 Å². The number of aliphatic imine (C=N–C) groups is 2. The summed E-state index contributed by atoms with van der Waals surface area (Å²) in [7, 11) is 0. The molecule has 0 bridgehead atoms. The minimum Gasteiger partial charge on any atom is -0.278 e. The Kier molecular flexibility index (Phi) is 3.27. The molecular formula is C15H10FN3O2. The number of nitrogens with zero attached hydrogens (tertiary/aromatic N) is 3. The number of benzene rings is 2. The Morgan fingerprint density at radius 3 is 2.71 bits per heavy atom. The summed E-state index contributed by atoms with van der Waals surface area (Å²) in [4.78, 5) is 19.0. The van der Waals surface area contributed by atoms with Crippen LogP contribution in [0, 0.1) is 15.9 Å². The summed E-state index contributed by atoms with van der Waals surface area (Å²) in [6.07, 6.45) is 1.60. The van der Waals surface area contributed by atoms with Gasteiger partial charge >= 0.3 is 0 Å². The molecule has 1 aliphatic rings. The molecule has 0 fully saturated rings. The Hall–Kier alpha value is -2.89. The molecule has 0 aliphatic carbocycles. The number of non-ortho nitro benzene ring substituents is 1. The summed E-state index contributed by atoms with van der Waals surface area (Å²) >= 11 is 0. The topological polar surface area (TPSA) is 67.9 Å². The quantitative estimate of drug-likeness (QED) is 0.627. The summed E-state index contributed by atoms with van der Waals surface area (Å²) in [5.41, 5.74) is 1.62. The standard InChI is InChI=1S/C15H10FN3O2/c16-13-4-2-1-3-11(13)15-12-9-10(19(20)21)5-6-14(12)17-7-8-18-15/h1-7,9H,8H2. The molecular weight excluding hydrogens is 273 g/mol. The van der Waals surface area contributed by atoms with Crippen molar-refractivity contribution in [3.8, 4) is 0 Å². The van der Waals surface area contributed by atoms with Crippen molar-refractivity contribution < 1.29 is 9.31 Å². The molecule has 0 spiro atoms. The molecule has 6 heteroatoms. The van der Waals surface area contributed by atoms with Crippen molar-refractivity contribution in [1.29, 1.82) is 0 Å². The second kappa shape index (κ2) is 5.24. The van der Waals surface area contributed by atoms with Crippen molar-refractivity contribution in [2.75, 3.05) is 6.54 Å². The zero-order chi connectivity index (χ0) is 14.8. The minimum absolute atomic E-state index is 0.0742. The van der Waals surface area contributed by atoms with Gasteiger partial charge in [-0.15, -0.1) is 0 Å². The molecule has 0 saturated heterocycles. The van der Waals surface area contributed by atoms with Gasteiger partial charge in [0.25, 0.3) is 5.69 Å². The van der Waals surface area contributed by atoms with Crippen LogP contribution in [-0.4, -0.2) is 23.4 Å². The summed E-state index contributed by atoms with van der Waals surface area (Å²) in [6, 6.07) is 10.5. The van der Waals surface area contributed by atoms with E-state index in [4.69, 9.17) is 0 Å². The van der Waals surface area contributed by atoms with Crippen molar-refractivity contribution in [3.05, 3.63) is 69.5 Å². The molecule has 5 nitrogen and oxygen atoms in total. The van der Waals surface area contributed by atoms with Gasteiger partial charge in [0.2, 0.25) is 0 Å². The Labute approximate surface area is 119 Å². The van der Waals surface area contributed by atoms with E-state index in [1.807, 2.05) is 0 Å². The highest BCUT2D eigenvalue weighted by molar-refractivity contribution is 6.17. The fraction of sp³-hybridized carbons (Fsp3) is 0.0667. The Morgan fingerprint density at radius 2 is 1.95 bits per heavy atom. The predicted molar refractivity (Wildman–Crippen MR) is 78.2 cm³/mol. The zero-order valence-corrected chi connectivity index (χ0v) is 10.9. The van der Waals surface area contributed by atoms with Gasteiger partial charge in [0, 0.05) is 29.5 Å². The number of halogens is 1. The van der Waals surface area contributed by atoms with E-state index in [-0.39, 0.29) is 5.69 Å². The second-order valence-electron chi connectivity index (χ2n) is 4.44. The lowest BCUT2D eigenvalue weighted by molar-refractivity contribution is -0.384. The van der Waals surface area contributed by atoms with Gasteiger partial charge in [-0.1, -0.05) is 12.1 Å². The molecule has 104 valence electrons. The largest absolute Gasteiger partial charge is 0.278 e. The van der Waals surface area contributed by atoms with Crippen LogP contribution in [-0.2, 0) is 0 Å².